The van der Waals surface area contributed by atoms with Crippen molar-refractivity contribution in [3.05, 3.63) is 81.8 Å². The number of alkyl halides is 3. The Morgan fingerprint density at radius 3 is 2.24 bits per heavy atom. The Morgan fingerprint density at radius 2 is 1.66 bits per heavy atom. The number of anilines is 1. The lowest BCUT2D eigenvalue weighted by Gasteiger charge is -2.19. The van der Waals surface area contributed by atoms with Crippen LogP contribution in [0.2, 0.25) is 0 Å². The highest BCUT2D eigenvalue weighted by Crippen LogP contribution is 2.33. The van der Waals surface area contributed by atoms with Crippen molar-refractivity contribution >= 4 is 22.9 Å². The van der Waals surface area contributed by atoms with Gasteiger partial charge < -0.3 is 14.8 Å². The van der Waals surface area contributed by atoms with E-state index in [9.17, 15) is 28.1 Å². The molecule has 0 unspecified atom stereocenters. The second-order valence-electron chi connectivity index (χ2n) is 9.28. The summed E-state index contributed by atoms with van der Waals surface area (Å²) in [5.74, 6) is 0.0845. The van der Waals surface area contributed by atoms with Crippen molar-refractivity contribution in [2.75, 3.05) is 12.4 Å². The number of nitro groups is 1. The number of amides is 1. The van der Waals surface area contributed by atoms with Gasteiger partial charge >= 0.3 is 6.18 Å². The zero-order valence-corrected chi connectivity index (χ0v) is 20.7. The summed E-state index contributed by atoms with van der Waals surface area (Å²) in [7, 11) is 1.50. The third-order valence-corrected chi connectivity index (χ3v) is 5.37. The topological polar surface area (TPSA) is 121 Å². The molecule has 0 aliphatic carbocycles. The standard InChI is InChI=1S/C25H22F3N5O5/c1-24(2,3)20-13-21(25(26,27)28)32-22(30-20)12-19(31-32)23(34)29-14-9-15(33(35)36)11-18(10-14)38-17-7-5-16(37-4)6-8-17/h5-13H,1-4H3,(H,29,34). The zero-order valence-electron chi connectivity index (χ0n) is 20.7. The summed E-state index contributed by atoms with van der Waals surface area (Å²) >= 11 is 0. The molecule has 4 rings (SSSR count). The molecule has 2 aromatic carbocycles. The highest BCUT2D eigenvalue weighted by Gasteiger charge is 2.36. The van der Waals surface area contributed by atoms with Crippen LogP contribution in [-0.4, -0.2) is 32.5 Å². The van der Waals surface area contributed by atoms with E-state index in [1.165, 1.54) is 19.2 Å². The van der Waals surface area contributed by atoms with Crippen molar-refractivity contribution in [3.8, 4) is 17.2 Å². The molecule has 0 fully saturated rings. The van der Waals surface area contributed by atoms with Crippen LogP contribution in [0, 0.1) is 10.1 Å². The summed E-state index contributed by atoms with van der Waals surface area (Å²) in [6, 6.07) is 12.0. The molecule has 0 radical (unpaired) electrons. The third kappa shape index (κ3) is 5.66. The minimum atomic E-state index is -4.76. The maximum absolute atomic E-state index is 13.8. The number of carbonyl (C=O) groups is 1. The lowest BCUT2D eigenvalue weighted by atomic mass is 9.91. The van der Waals surface area contributed by atoms with Crippen molar-refractivity contribution in [2.45, 2.75) is 32.4 Å². The molecule has 0 saturated heterocycles. The van der Waals surface area contributed by atoms with Crippen molar-refractivity contribution in [1.82, 2.24) is 14.6 Å². The molecule has 0 atom stereocenters. The second-order valence-corrected chi connectivity index (χ2v) is 9.28. The molecule has 1 amide bonds. The summed E-state index contributed by atoms with van der Waals surface area (Å²) in [5, 5.41) is 17.7. The summed E-state index contributed by atoms with van der Waals surface area (Å²) in [6.45, 7) is 5.14. The van der Waals surface area contributed by atoms with Gasteiger partial charge in [-0.05, 0) is 30.3 Å². The van der Waals surface area contributed by atoms with Crippen LogP contribution in [0.1, 0.15) is 42.6 Å². The van der Waals surface area contributed by atoms with Crippen LogP contribution in [0.25, 0.3) is 5.65 Å². The van der Waals surface area contributed by atoms with Gasteiger partial charge in [-0.2, -0.15) is 18.3 Å². The number of carbonyl (C=O) groups excluding carboxylic acids is 1. The Hall–Kier alpha value is -4.68. The monoisotopic (exact) mass is 529 g/mol. The maximum atomic E-state index is 13.8. The van der Waals surface area contributed by atoms with Crippen molar-refractivity contribution in [1.29, 1.82) is 0 Å². The molecule has 0 saturated carbocycles. The number of methoxy groups -OCH3 is 1. The van der Waals surface area contributed by atoms with E-state index in [1.807, 2.05) is 0 Å². The number of nitro benzene ring substituents is 1. The molecule has 0 bridgehead atoms. The van der Waals surface area contributed by atoms with E-state index in [4.69, 9.17) is 9.47 Å². The molecule has 0 aliphatic rings. The molecule has 1 N–H and O–H groups in total. The number of nitrogens with one attached hydrogen (secondary N) is 1. The number of ether oxygens (including phenoxy) is 2. The number of fused-ring (bicyclic) bond motifs is 1. The minimum absolute atomic E-state index is 0.0239. The van der Waals surface area contributed by atoms with E-state index >= 15 is 0 Å². The minimum Gasteiger partial charge on any atom is -0.497 e. The highest BCUT2D eigenvalue weighted by molar-refractivity contribution is 6.03. The van der Waals surface area contributed by atoms with Crippen LogP contribution < -0.4 is 14.8 Å². The van der Waals surface area contributed by atoms with Crippen LogP contribution in [0.4, 0.5) is 24.5 Å². The van der Waals surface area contributed by atoms with Crippen LogP contribution in [0.3, 0.4) is 0 Å². The fourth-order valence-corrected chi connectivity index (χ4v) is 3.47. The average molecular weight is 529 g/mol. The number of aromatic nitrogens is 3. The SMILES string of the molecule is COc1ccc(Oc2cc(NC(=O)c3cc4nc(C(C)(C)C)cc(C(F)(F)F)n4n3)cc([N+](=O)[O-])c2)cc1. The normalized spacial score (nSPS) is 11.9. The van der Waals surface area contributed by atoms with Crippen molar-refractivity contribution < 1.29 is 32.4 Å². The van der Waals surface area contributed by atoms with E-state index in [0.29, 0.717) is 16.0 Å². The maximum Gasteiger partial charge on any atom is 0.433 e. The van der Waals surface area contributed by atoms with Gasteiger partial charge in [-0.1, -0.05) is 20.8 Å². The third-order valence-electron chi connectivity index (χ3n) is 5.37. The molecular formula is C25H22F3N5O5. The van der Waals surface area contributed by atoms with E-state index in [1.54, 1.807) is 45.0 Å². The summed E-state index contributed by atoms with van der Waals surface area (Å²) in [4.78, 5) is 27.9. The van der Waals surface area contributed by atoms with Gasteiger partial charge in [0.1, 0.15) is 22.9 Å². The number of benzene rings is 2. The van der Waals surface area contributed by atoms with E-state index < -0.39 is 28.1 Å². The molecule has 4 aromatic rings. The lowest BCUT2D eigenvalue weighted by molar-refractivity contribution is -0.384. The number of hydrogen-bond acceptors (Lipinski definition) is 7. The number of non-ortho nitro benzene ring substituents is 1. The molecule has 198 valence electrons. The fourth-order valence-electron chi connectivity index (χ4n) is 3.47. The molecule has 38 heavy (non-hydrogen) atoms. The molecule has 13 heteroatoms. The Kier molecular flexibility index (Phi) is 6.70. The lowest BCUT2D eigenvalue weighted by Crippen LogP contribution is -2.20. The summed E-state index contributed by atoms with van der Waals surface area (Å²) in [5.41, 5.74) is -2.55. The molecule has 0 aliphatic heterocycles. The van der Waals surface area contributed by atoms with Gasteiger partial charge in [-0.3, -0.25) is 14.9 Å². The molecule has 2 heterocycles. The quantitative estimate of drug-likeness (QED) is 0.240. The number of nitrogens with zero attached hydrogens (tertiary/aromatic N) is 4. The largest absolute Gasteiger partial charge is 0.497 e. The Bertz CT molecular complexity index is 1530. The smallest absolute Gasteiger partial charge is 0.433 e. The first kappa shape index (κ1) is 26.4. The van der Waals surface area contributed by atoms with E-state index in [-0.39, 0.29) is 34.2 Å². The summed E-state index contributed by atoms with van der Waals surface area (Å²) < 4.78 is 52.6. The van der Waals surface area contributed by atoms with Gasteiger partial charge in [0.05, 0.1) is 29.5 Å². The Balaban J connectivity index is 1.68. The van der Waals surface area contributed by atoms with Crippen LogP contribution in [0.15, 0.2) is 54.6 Å². The van der Waals surface area contributed by atoms with Crippen molar-refractivity contribution in [3.63, 3.8) is 0 Å². The van der Waals surface area contributed by atoms with E-state index in [0.717, 1.165) is 18.2 Å². The highest BCUT2D eigenvalue weighted by atomic mass is 19.4. The van der Waals surface area contributed by atoms with Crippen molar-refractivity contribution in [2.24, 2.45) is 0 Å². The van der Waals surface area contributed by atoms with Gasteiger partial charge in [-0.25, -0.2) is 9.50 Å². The van der Waals surface area contributed by atoms with Gasteiger partial charge in [0.15, 0.2) is 11.3 Å². The molecule has 2 aromatic heterocycles. The second kappa shape index (κ2) is 9.65. The fraction of sp³-hybridized carbons (Fsp3) is 0.240. The first-order valence-corrected chi connectivity index (χ1v) is 11.2. The van der Waals surface area contributed by atoms with Gasteiger partial charge in [0, 0.05) is 23.6 Å². The average Bonchev–Trinajstić information content (AvgIpc) is 3.27. The first-order chi connectivity index (χ1) is 17.7. The molecular weight excluding hydrogens is 507 g/mol. The van der Waals surface area contributed by atoms with Gasteiger partial charge in [0.25, 0.3) is 11.6 Å². The Labute approximate surface area is 214 Å². The van der Waals surface area contributed by atoms with Crippen LogP contribution in [0.5, 0.6) is 17.2 Å². The predicted octanol–water partition coefficient (Wildman–Crippen LogP) is 6.01. The van der Waals surface area contributed by atoms with Crippen LogP contribution >= 0.6 is 0 Å². The van der Waals surface area contributed by atoms with Gasteiger partial charge in [-0.15, -0.1) is 0 Å². The predicted molar refractivity (Wildman–Crippen MR) is 131 cm³/mol. The van der Waals surface area contributed by atoms with Crippen LogP contribution in [-0.2, 0) is 11.6 Å². The van der Waals surface area contributed by atoms with Gasteiger partial charge in [0.2, 0.25) is 0 Å². The molecule has 0 spiro atoms. The van der Waals surface area contributed by atoms with E-state index in [2.05, 4.69) is 15.4 Å². The summed E-state index contributed by atoms with van der Waals surface area (Å²) in [6.07, 6.45) is -4.76. The number of halogens is 3. The number of hydrogen-bond donors (Lipinski definition) is 1. The molecule has 10 nitrogen and oxygen atoms in total. The Morgan fingerprint density at radius 1 is 1.00 bits per heavy atom. The zero-order chi connectivity index (χ0) is 27.8. The first-order valence-electron chi connectivity index (χ1n) is 11.2. The number of rotatable bonds is 6.